The Kier molecular flexibility index (Phi) is 6.54. The lowest BCUT2D eigenvalue weighted by Crippen LogP contribution is -2.41. The molecule has 0 saturated heterocycles. The van der Waals surface area contributed by atoms with Gasteiger partial charge in [-0.1, -0.05) is 31.8 Å². The van der Waals surface area contributed by atoms with Gasteiger partial charge >= 0.3 is 0 Å². The fraction of sp³-hybridized carbons (Fsp3) is 0.296. The molecule has 7 nitrogen and oxygen atoms in total. The van der Waals surface area contributed by atoms with E-state index in [9.17, 15) is 14.7 Å². The van der Waals surface area contributed by atoms with E-state index in [0.29, 0.717) is 22.8 Å². The molecule has 0 spiro atoms. The normalized spacial score (nSPS) is 16.0. The Bertz CT molecular complexity index is 1220. The Balaban J connectivity index is 1.73. The standard InChI is InChI=1S/C27H28N2O5/c1-5-17(6-2)24-23(25(30)19-9-13-21(33-4)14-10-19)26(31)27(32)29(24)20-11-7-18(8-12-20)22-15-16(3)28-34-22/h7-15,17,24,31H,5-6H2,1-4H3. The van der Waals surface area contributed by atoms with E-state index in [2.05, 4.69) is 5.16 Å². The summed E-state index contributed by atoms with van der Waals surface area (Å²) in [5.41, 5.74) is 2.73. The highest BCUT2D eigenvalue weighted by atomic mass is 16.5. The number of aliphatic hydroxyl groups excluding tert-OH is 1. The maximum Gasteiger partial charge on any atom is 0.294 e. The number of Topliss-reactive ketones (excluding diaryl/α,β-unsaturated/α-hetero) is 1. The van der Waals surface area contributed by atoms with E-state index in [4.69, 9.17) is 9.26 Å². The quantitative estimate of drug-likeness (QED) is 0.446. The van der Waals surface area contributed by atoms with E-state index in [0.717, 1.165) is 24.1 Å². The van der Waals surface area contributed by atoms with Crippen LogP contribution in [0.2, 0.25) is 0 Å². The van der Waals surface area contributed by atoms with Crippen molar-refractivity contribution >= 4 is 17.4 Å². The van der Waals surface area contributed by atoms with Gasteiger partial charge in [0.15, 0.2) is 17.3 Å². The number of carbonyl (C=O) groups is 2. The van der Waals surface area contributed by atoms with E-state index in [1.165, 1.54) is 0 Å². The molecule has 176 valence electrons. The third-order valence-corrected chi connectivity index (χ3v) is 6.40. The van der Waals surface area contributed by atoms with Crippen LogP contribution in [-0.4, -0.2) is 35.1 Å². The van der Waals surface area contributed by atoms with Gasteiger partial charge in [-0.25, -0.2) is 0 Å². The molecule has 1 unspecified atom stereocenters. The molecule has 0 bridgehead atoms. The number of nitrogens with zero attached hydrogens (tertiary/aromatic N) is 2. The number of hydrogen-bond acceptors (Lipinski definition) is 6. The molecule has 2 heterocycles. The second-order valence-electron chi connectivity index (χ2n) is 8.40. The van der Waals surface area contributed by atoms with Gasteiger partial charge < -0.3 is 14.4 Å². The van der Waals surface area contributed by atoms with Crippen molar-refractivity contribution in [3.05, 3.63) is 77.2 Å². The van der Waals surface area contributed by atoms with Crippen LogP contribution in [0.15, 0.2) is 70.5 Å². The topological polar surface area (TPSA) is 92.9 Å². The van der Waals surface area contributed by atoms with Gasteiger partial charge in [0.05, 0.1) is 24.4 Å². The van der Waals surface area contributed by atoms with Crippen LogP contribution >= 0.6 is 0 Å². The van der Waals surface area contributed by atoms with Crippen LogP contribution in [0.5, 0.6) is 5.75 Å². The third kappa shape index (κ3) is 4.09. The Morgan fingerprint density at radius 2 is 1.76 bits per heavy atom. The van der Waals surface area contributed by atoms with Gasteiger partial charge in [0.2, 0.25) is 0 Å². The van der Waals surface area contributed by atoms with E-state index < -0.39 is 17.7 Å². The van der Waals surface area contributed by atoms with Crippen LogP contribution in [0, 0.1) is 12.8 Å². The Morgan fingerprint density at radius 1 is 1.12 bits per heavy atom. The van der Waals surface area contributed by atoms with Gasteiger partial charge in [-0.2, -0.15) is 0 Å². The van der Waals surface area contributed by atoms with Gasteiger partial charge in [-0.15, -0.1) is 0 Å². The third-order valence-electron chi connectivity index (χ3n) is 6.40. The van der Waals surface area contributed by atoms with Crippen LogP contribution in [0.3, 0.4) is 0 Å². The van der Waals surface area contributed by atoms with Gasteiger partial charge in [0.25, 0.3) is 5.91 Å². The minimum Gasteiger partial charge on any atom is -0.503 e. The number of aryl methyl sites for hydroxylation is 1. The summed E-state index contributed by atoms with van der Waals surface area (Å²) in [5.74, 6) is -0.184. The van der Waals surface area contributed by atoms with Gasteiger partial charge in [0, 0.05) is 22.9 Å². The fourth-order valence-electron chi connectivity index (χ4n) is 4.51. The number of benzene rings is 2. The number of rotatable bonds is 8. The largest absolute Gasteiger partial charge is 0.503 e. The van der Waals surface area contributed by atoms with Crippen LogP contribution in [0.1, 0.15) is 42.7 Å². The van der Waals surface area contributed by atoms with E-state index in [-0.39, 0.29) is 17.3 Å². The summed E-state index contributed by atoms with van der Waals surface area (Å²) in [6, 6.07) is 15.2. The molecule has 1 aliphatic rings. The van der Waals surface area contributed by atoms with E-state index >= 15 is 0 Å². The summed E-state index contributed by atoms with van der Waals surface area (Å²) in [6.45, 7) is 5.90. The first-order chi connectivity index (χ1) is 16.4. The number of methoxy groups -OCH3 is 1. The summed E-state index contributed by atoms with van der Waals surface area (Å²) in [4.78, 5) is 28.3. The number of anilines is 1. The number of aromatic nitrogens is 1. The van der Waals surface area contributed by atoms with Crippen LogP contribution in [0.25, 0.3) is 11.3 Å². The Hall–Kier alpha value is -3.87. The molecule has 0 aliphatic carbocycles. The monoisotopic (exact) mass is 460 g/mol. The predicted octanol–water partition coefficient (Wildman–Crippen LogP) is 5.51. The minimum atomic E-state index is -0.574. The molecule has 34 heavy (non-hydrogen) atoms. The number of carbonyl (C=O) groups excluding carboxylic acids is 2. The van der Waals surface area contributed by atoms with Crippen LogP contribution in [0.4, 0.5) is 5.69 Å². The minimum absolute atomic E-state index is 0.0117. The molecular formula is C27H28N2O5. The SMILES string of the molecule is CCC(CC)C1C(C(=O)c2ccc(OC)cc2)=C(O)C(=O)N1c1ccc(-c2cc(C)no2)cc1. The van der Waals surface area contributed by atoms with Crippen molar-refractivity contribution in [2.75, 3.05) is 12.0 Å². The lowest BCUT2D eigenvalue weighted by atomic mass is 9.85. The maximum atomic E-state index is 13.5. The number of ether oxygens (including phenoxy) is 1. The second-order valence-corrected chi connectivity index (χ2v) is 8.40. The highest BCUT2D eigenvalue weighted by molar-refractivity contribution is 6.20. The van der Waals surface area contributed by atoms with Gasteiger partial charge in [-0.05, 0) is 61.4 Å². The molecule has 0 saturated carbocycles. The Labute approximate surface area is 198 Å². The van der Waals surface area contributed by atoms with Gasteiger partial charge in [0.1, 0.15) is 5.75 Å². The lowest BCUT2D eigenvalue weighted by molar-refractivity contribution is -0.117. The van der Waals surface area contributed by atoms with Gasteiger partial charge in [-0.3, -0.25) is 14.5 Å². The zero-order valence-electron chi connectivity index (χ0n) is 19.7. The highest BCUT2D eigenvalue weighted by Gasteiger charge is 2.46. The number of aliphatic hydroxyl groups is 1. The molecule has 7 heteroatoms. The summed E-state index contributed by atoms with van der Waals surface area (Å²) in [7, 11) is 1.55. The summed E-state index contributed by atoms with van der Waals surface area (Å²) in [5, 5.41) is 14.8. The molecule has 1 aliphatic heterocycles. The van der Waals surface area contributed by atoms with Crippen LogP contribution in [-0.2, 0) is 4.79 Å². The zero-order valence-corrected chi connectivity index (χ0v) is 19.7. The molecule has 1 N–H and O–H groups in total. The zero-order chi connectivity index (χ0) is 24.4. The Morgan fingerprint density at radius 3 is 2.29 bits per heavy atom. The van der Waals surface area contributed by atoms with Crippen molar-refractivity contribution in [1.29, 1.82) is 0 Å². The summed E-state index contributed by atoms with van der Waals surface area (Å²) in [6.07, 6.45) is 1.49. The highest BCUT2D eigenvalue weighted by Crippen LogP contribution is 2.39. The predicted molar refractivity (Wildman–Crippen MR) is 129 cm³/mol. The van der Waals surface area contributed by atoms with Crippen molar-refractivity contribution in [2.24, 2.45) is 5.92 Å². The molecule has 2 aromatic carbocycles. The van der Waals surface area contributed by atoms with E-state index in [1.807, 2.05) is 39.0 Å². The molecule has 1 atom stereocenters. The van der Waals surface area contributed by atoms with Crippen molar-refractivity contribution in [3.63, 3.8) is 0 Å². The fourth-order valence-corrected chi connectivity index (χ4v) is 4.51. The molecule has 0 radical (unpaired) electrons. The van der Waals surface area contributed by atoms with Crippen molar-refractivity contribution in [2.45, 2.75) is 39.7 Å². The van der Waals surface area contributed by atoms with Crippen molar-refractivity contribution in [3.8, 4) is 17.1 Å². The first-order valence-electron chi connectivity index (χ1n) is 11.4. The average Bonchev–Trinajstić information content (AvgIpc) is 3.41. The summed E-state index contributed by atoms with van der Waals surface area (Å²) < 4.78 is 10.5. The number of amides is 1. The first-order valence-corrected chi connectivity index (χ1v) is 11.4. The van der Waals surface area contributed by atoms with Crippen molar-refractivity contribution in [1.82, 2.24) is 5.16 Å². The molecule has 1 aromatic heterocycles. The number of ketones is 1. The summed E-state index contributed by atoms with van der Waals surface area (Å²) >= 11 is 0. The van der Waals surface area contributed by atoms with Crippen LogP contribution < -0.4 is 9.64 Å². The van der Waals surface area contributed by atoms with Crippen molar-refractivity contribution < 1.29 is 24.0 Å². The molecule has 1 amide bonds. The number of hydrogen-bond donors (Lipinski definition) is 1. The molecule has 4 rings (SSSR count). The molecule has 0 fully saturated rings. The average molecular weight is 461 g/mol. The maximum absolute atomic E-state index is 13.5. The lowest BCUT2D eigenvalue weighted by Gasteiger charge is -2.32. The second kappa shape index (κ2) is 9.55. The molecular weight excluding hydrogens is 432 g/mol. The van der Waals surface area contributed by atoms with E-state index in [1.54, 1.807) is 48.4 Å². The smallest absolute Gasteiger partial charge is 0.294 e. The first kappa shape index (κ1) is 23.3. The molecule has 3 aromatic rings.